The van der Waals surface area contributed by atoms with Gasteiger partial charge in [0.05, 0.1) is 4.88 Å². The summed E-state index contributed by atoms with van der Waals surface area (Å²) >= 11 is 1.71. The van der Waals surface area contributed by atoms with Crippen molar-refractivity contribution in [3.05, 3.63) is 22.4 Å². The molecule has 0 radical (unpaired) electrons. The lowest BCUT2D eigenvalue weighted by atomic mass is 10.1. The molecule has 2 heteroatoms. The number of rotatable bonds is 0. The molecule has 2 heterocycles. The van der Waals surface area contributed by atoms with Crippen LogP contribution in [-0.2, 0) is 0 Å². The molecule has 1 nitrogen and oxygen atoms in total. The monoisotopic (exact) mass is 166 g/mol. The highest BCUT2D eigenvalue weighted by molar-refractivity contribution is 7.11. The van der Waals surface area contributed by atoms with Crippen molar-refractivity contribution in [1.29, 1.82) is 0 Å². The van der Waals surface area contributed by atoms with Crippen molar-refractivity contribution in [3.63, 3.8) is 0 Å². The van der Waals surface area contributed by atoms with Gasteiger partial charge >= 0.3 is 0 Å². The Kier molecular flexibility index (Phi) is 1.33. The maximum absolute atomic E-state index is 5.68. The van der Waals surface area contributed by atoms with Crippen LogP contribution in [-0.4, -0.2) is 5.60 Å². The third-order valence-corrected chi connectivity index (χ3v) is 2.53. The number of ether oxygens (including phenoxy) is 1. The van der Waals surface area contributed by atoms with Gasteiger partial charge in [-0.1, -0.05) is 0 Å². The van der Waals surface area contributed by atoms with Crippen LogP contribution in [0.25, 0.3) is 6.08 Å². The summed E-state index contributed by atoms with van der Waals surface area (Å²) in [7, 11) is 0. The van der Waals surface area contributed by atoms with Crippen molar-refractivity contribution in [2.45, 2.75) is 19.4 Å². The van der Waals surface area contributed by atoms with Gasteiger partial charge in [0.1, 0.15) is 11.4 Å². The summed E-state index contributed by atoms with van der Waals surface area (Å²) < 4.78 is 5.68. The van der Waals surface area contributed by atoms with Gasteiger partial charge in [0.25, 0.3) is 0 Å². The molecule has 0 aliphatic carbocycles. The minimum Gasteiger partial charge on any atom is -0.482 e. The molecule has 0 aromatic carbocycles. The average Bonchev–Trinajstić information content (AvgIpc) is 2.31. The summed E-state index contributed by atoms with van der Waals surface area (Å²) in [5.41, 5.74) is -0.131. The van der Waals surface area contributed by atoms with Crippen molar-refractivity contribution >= 4 is 17.4 Å². The third kappa shape index (κ3) is 1.18. The number of hydrogen-bond acceptors (Lipinski definition) is 2. The van der Waals surface area contributed by atoms with Gasteiger partial charge in [0.2, 0.25) is 0 Å². The molecule has 2 rings (SSSR count). The van der Waals surface area contributed by atoms with E-state index in [0.717, 1.165) is 5.75 Å². The first-order valence-electron chi connectivity index (χ1n) is 3.63. The van der Waals surface area contributed by atoms with E-state index in [9.17, 15) is 0 Å². The molecule has 0 spiro atoms. The van der Waals surface area contributed by atoms with Gasteiger partial charge in [-0.25, -0.2) is 0 Å². The molecule has 0 bridgehead atoms. The lowest BCUT2D eigenvalue weighted by Crippen LogP contribution is -2.26. The minimum atomic E-state index is -0.131. The highest BCUT2D eigenvalue weighted by Crippen LogP contribution is 2.34. The normalized spacial score (nSPS) is 19.1. The fourth-order valence-corrected chi connectivity index (χ4v) is 1.82. The lowest BCUT2D eigenvalue weighted by Gasteiger charge is -2.25. The summed E-state index contributed by atoms with van der Waals surface area (Å²) in [5, 5.41) is 2.05. The summed E-state index contributed by atoms with van der Waals surface area (Å²) in [5.74, 6) is 1.02. The van der Waals surface area contributed by atoms with Gasteiger partial charge in [0.15, 0.2) is 0 Å². The Morgan fingerprint density at radius 3 is 3.09 bits per heavy atom. The predicted molar refractivity (Wildman–Crippen MR) is 48.1 cm³/mol. The van der Waals surface area contributed by atoms with Gasteiger partial charge in [-0.05, 0) is 37.4 Å². The Morgan fingerprint density at radius 1 is 1.45 bits per heavy atom. The summed E-state index contributed by atoms with van der Waals surface area (Å²) in [6.07, 6.45) is 4.22. The van der Waals surface area contributed by atoms with Crippen LogP contribution in [0.2, 0.25) is 0 Å². The molecular weight excluding hydrogens is 156 g/mol. The molecule has 0 fully saturated rings. The van der Waals surface area contributed by atoms with Crippen LogP contribution in [0.15, 0.2) is 17.5 Å². The van der Waals surface area contributed by atoms with E-state index in [1.165, 1.54) is 4.88 Å². The van der Waals surface area contributed by atoms with Crippen molar-refractivity contribution in [2.75, 3.05) is 0 Å². The van der Waals surface area contributed by atoms with Crippen LogP contribution in [0.4, 0.5) is 0 Å². The topological polar surface area (TPSA) is 9.23 Å². The first-order chi connectivity index (χ1) is 5.17. The van der Waals surface area contributed by atoms with E-state index in [-0.39, 0.29) is 5.60 Å². The minimum absolute atomic E-state index is 0.131. The number of thiophene rings is 1. The van der Waals surface area contributed by atoms with Gasteiger partial charge in [-0.3, -0.25) is 0 Å². The van der Waals surface area contributed by atoms with Crippen LogP contribution in [0, 0.1) is 0 Å². The van der Waals surface area contributed by atoms with Crippen LogP contribution >= 0.6 is 11.3 Å². The molecule has 11 heavy (non-hydrogen) atoms. The Balaban J connectivity index is 2.44. The number of fused-ring (bicyclic) bond motifs is 1. The standard InChI is InChI=1S/C9H10OS/c1-9(2)5-3-8-7(10-9)4-6-11-8/h3-6H,1-2H3. The molecule has 1 aliphatic heterocycles. The Morgan fingerprint density at radius 2 is 2.27 bits per heavy atom. The van der Waals surface area contributed by atoms with Crippen LogP contribution < -0.4 is 4.74 Å². The molecule has 0 N–H and O–H groups in total. The van der Waals surface area contributed by atoms with Gasteiger partial charge in [-0.2, -0.15) is 0 Å². The van der Waals surface area contributed by atoms with Crippen LogP contribution in [0.1, 0.15) is 18.7 Å². The largest absolute Gasteiger partial charge is 0.482 e. The highest BCUT2D eigenvalue weighted by Gasteiger charge is 2.21. The third-order valence-electron chi connectivity index (χ3n) is 1.67. The second-order valence-electron chi connectivity index (χ2n) is 3.19. The summed E-state index contributed by atoms with van der Waals surface area (Å²) in [6.45, 7) is 4.12. The summed E-state index contributed by atoms with van der Waals surface area (Å²) in [6, 6.07) is 2.02. The molecule has 0 saturated carbocycles. The molecule has 0 amide bonds. The molecule has 0 atom stereocenters. The summed E-state index contributed by atoms with van der Waals surface area (Å²) in [4.78, 5) is 1.23. The van der Waals surface area contributed by atoms with Crippen molar-refractivity contribution in [3.8, 4) is 5.75 Å². The van der Waals surface area contributed by atoms with E-state index in [0.29, 0.717) is 0 Å². The Bertz CT molecular complexity index is 296. The Hall–Kier alpha value is -0.760. The van der Waals surface area contributed by atoms with E-state index < -0.39 is 0 Å². The first kappa shape index (κ1) is 6.92. The van der Waals surface area contributed by atoms with Crippen LogP contribution in [0.3, 0.4) is 0 Å². The maximum Gasteiger partial charge on any atom is 0.138 e. The zero-order valence-electron chi connectivity index (χ0n) is 6.63. The van der Waals surface area contributed by atoms with Crippen molar-refractivity contribution in [1.82, 2.24) is 0 Å². The fraction of sp³-hybridized carbons (Fsp3) is 0.333. The van der Waals surface area contributed by atoms with E-state index in [4.69, 9.17) is 4.74 Å². The van der Waals surface area contributed by atoms with Gasteiger partial charge in [-0.15, -0.1) is 11.3 Å². The molecule has 1 aromatic rings. The zero-order valence-corrected chi connectivity index (χ0v) is 7.44. The number of hydrogen-bond donors (Lipinski definition) is 0. The fourth-order valence-electron chi connectivity index (χ4n) is 1.11. The highest BCUT2D eigenvalue weighted by atomic mass is 32.1. The maximum atomic E-state index is 5.68. The van der Waals surface area contributed by atoms with E-state index in [2.05, 4.69) is 31.4 Å². The SMILES string of the molecule is CC1(C)C=Cc2sccc2O1. The van der Waals surface area contributed by atoms with Crippen molar-refractivity contribution in [2.24, 2.45) is 0 Å². The zero-order chi connectivity index (χ0) is 7.90. The van der Waals surface area contributed by atoms with E-state index >= 15 is 0 Å². The smallest absolute Gasteiger partial charge is 0.138 e. The molecule has 0 unspecified atom stereocenters. The average molecular weight is 166 g/mol. The van der Waals surface area contributed by atoms with Gasteiger partial charge in [0, 0.05) is 0 Å². The Labute approximate surface area is 70.3 Å². The molecule has 1 aromatic heterocycles. The first-order valence-corrected chi connectivity index (χ1v) is 4.51. The van der Waals surface area contributed by atoms with E-state index in [1.807, 2.05) is 6.07 Å². The predicted octanol–water partition coefficient (Wildman–Crippen LogP) is 2.93. The van der Waals surface area contributed by atoms with Gasteiger partial charge < -0.3 is 4.74 Å². The molecular formula is C9H10OS. The molecule has 58 valence electrons. The van der Waals surface area contributed by atoms with Crippen LogP contribution in [0.5, 0.6) is 5.75 Å². The molecule has 0 saturated heterocycles. The lowest BCUT2D eigenvalue weighted by molar-refractivity contribution is 0.160. The van der Waals surface area contributed by atoms with Crippen molar-refractivity contribution < 1.29 is 4.74 Å². The second kappa shape index (κ2) is 2.11. The molecule has 1 aliphatic rings. The second-order valence-corrected chi connectivity index (χ2v) is 4.14. The van der Waals surface area contributed by atoms with E-state index in [1.54, 1.807) is 11.3 Å². The quantitative estimate of drug-likeness (QED) is 0.575.